The topological polar surface area (TPSA) is 48.4 Å². The van der Waals surface area contributed by atoms with Gasteiger partial charge in [-0.15, -0.1) is 13.2 Å². The van der Waals surface area contributed by atoms with Gasteiger partial charge in [0.25, 0.3) is 6.47 Å². The van der Waals surface area contributed by atoms with E-state index in [1.165, 1.54) is 18.3 Å². The highest BCUT2D eigenvalue weighted by Gasteiger charge is 2.32. The van der Waals surface area contributed by atoms with Gasteiger partial charge in [-0.1, -0.05) is 23.7 Å². The summed E-state index contributed by atoms with van der Waals surface area (Å²) in [6.07, 6.45) is -3.16. The first-order chi connectivity index (χ1) is 9.92. The second-order valence-electron chi connectivity index (χ2n) is 4.01. The summed E-state index contributed by atoms with van der Waals surface area (Å²) in [5, 5.41) is 0.587. The van der Waals surface area contributed by atoms with Crippen LogP contribution in [0.25, 0.3) is 10.9 Å². The van der Waals surface area contributed by atoms with Crippen LogP contribution in [0.15, 0.2) is 24.4 Å². The Morgan fingerprint density at radius 2 is 2.10 bits per heavy atom. The summed E-state index contributed by atoms with van der Waals surface area (Å²) in [5.74, 6) is -0.419. The molecule has 0 aliphatic heterocycles. The SMILES string of the molecule is O=COCCc1cnc2c(OC(F)(F)F)cccc2c1Cl. The maximum atomic E-state index is 12.3. The van der Waals surface area contributed by atoms with Crippen LogP contribution in [0, 0.1) is 0 Å². The van der Waals surface area contributed by atoms with E-state index in [2.05, 4.69) is 14.5 Å². The van der Waals surface area contributed by atoms with Crippen molar-refractivity contribution in [1.82, 2.24) is 4.98 Å². The van der Waals surface area contributed by atoms with E-state index in [1.54, 1.807) is 0 Å². The molecule has 4 nitrogen and oxygen atoms in total. The molecule has 0 amide bonds. The molecule has 8 heteroatoms. The summed E-state index contributed by atoms with van der Waals surface area (Å²) in [4.78, 5) is 14.0. The maximum absolute atomic E-state index is 12.3. The van der Waals surface area contributed by atoms with E-state index in [4.69, 9.17) is 11.6 Å². The zero-order valence-electron chi connectivity index (χ0n) is 10.5. The van der Waals surface area contributed by atoms with Gasteiger partial charge in [-0.25, -0.2) is 0 Å². The summed E-state index contributed by atoms with van der Waals surface area (Å²) in [6, 6.07) is 4.09. The molecule has 0 atom stereocenters. The number of rotatable bonds is 5. The number of pyridine rings is 1. The van der Waals surface area contributed by atoms with Gasteiger partial charge in [0.2, 0.25) is 0 Å². The van der Waals surface area contributed by atoms with Crippen molar-refractivity contribution in [3.8, 4) is 5.75 Å². The molecule has 0 bridgehead atoms. The lowest BCUT2D eigenvalue weighted by Crippen LogP contribution is -2.17. The molecule has 112 valence electrons. The largest absolute Gasteiger partial charge is 0.573 e. The average Bonchev–Trinajstić information content (AvgIpc) is 2.40. The van der Waals surface area contributed by atoms with E-state index in [-0.39, 0.29) is 17.1 Å². The summed E-state index contributed by atoms with van der Waals surface area (Å²) in [6.45, 7) is 0.410. The van der Waals surface area contributed by atoms with Crippen LogP contribution < -0.4 is 4.74 Å². The van der Waals surface area contributed by atoms with Gasteiger partial charge in [0.05, 0.1) is 11.6 Å². The highest BCUT2D eigenvalue weighted by Crippen LogP contribution is 2.34. The molecule has 1 aromatic carbocycles. The number of carbonyl (C=O) groups is 1. The number of nitrogens with zero attached hydrogens (tertiary/aromatic N) is 1. The first kappa shape index (κ1) is 15.4. The van der Waals surface area contributed by atoms with Gasteiger partial charge in [-0.2, -0.15) is 0 Å². The minimum absolute atomic E-state index is 0.0138. The molecule has 1 heterocycles. The zero-order chi connectivity index (χ0) is 15.5. The molecule has 21 heavy (non-hydrogen) atoms. The third-order valence-corrected chi connectivity index (χ3v) is 3.10. The quantitative estimate of drug-likeness (QED) is 0.625. The molecule has 0 spiro atoms. The van der Waals surface area contributed by atoms with Crippen LogP contribution in [0.2, 0.25) is 5.02 Å². The minimum atomic E-state index is -4.81. The Morgan fingerprint density at radius 3 is 2.76 bits per heavy atom. The van der Waals surface area contributed by atoms with Gasteiger partial charge < -0.3 is 9.47 Å². The summed E-state index contributed by atoms with van der Waals surface area (Å²) >= 11 is 6.14. The molecule has 1 aromatic heterocycles. The Kier molecular flexibility index (Phi) is 4.52. The zero-order valence-corrected chi connectivity index (χ0v) is 11.2. The van der Waals surface area contributed by atoms with Crippen LogP contribution in [0.1, 0.15) is 5.56 Å². The smallest absolute Gasteiger partial charge is 0.468 e. The van der Waals surface area contributed by atoms with E-state index in [0.717, 1.165) is 6.07 Å². The van der Waals surface area contributed by atoms with Gasteiger partial charge in [0.15, 0.2) is 5.75 Å². The van der Waals surface area contributed by atoms with Crippen molar-refractivity contribution in [2.45, 2.75) is 12.8 Å². The van der Waals surface area contributed by atoms with Crippen molar-refractivity contribution in [1.29, 1.82) is 0 Å². The molecule has 2 aromatic rings. The summed E-state index contributed by atoms with van der Waals surface area (Å²) < 4.78 is 45.4. The number of carbonyl (C=O) groups excluding carboxylic acids is 1. The van der Waals surface area contributed by atoms with Gasteiger partial charge in [-0.3, -0.25) is 9.78 Å². The van der Waals surface area contributed by atoms with Crippen LogP contribution in [-0.2, 0) is 16.0 Å². The minimum Gasteiger partial charge on any atom is -0.468 e. The van der Waals surface area contributed by atoms with E-state index in [0.29, 0.717) is 23.8 Å². The lowest BCUT2D eigenvalue weighted by atomic mass is 10.1. The number of ether oxygens (including phenoxy) is 2. The first-order valence-corrected chi connectivity index (χ1v) is 6.17. The van der Waals surface area contributed by atoms with Crippen molar-refractivity contribution >= 4 is 29.0 Å². The van der Waals surface area contributed by atoms with Crippen LogP contribution >= 0.6 is 11.6 Å². The average molecular weight is 320 g/mol. The van der Waals surface area contributed by atoms with Crippen LogP contribution in [0.3, 0.4) is 0 Å². The normalized spacial score (nSPS) is 11.4. The highest BCUT2D eigenvalue weighted by molar-refractivity contribution is 6.36. The number of fused-ring (bicyclic) bond motifs is 1. The van der Waals surface area contributed by atoms with E-state index >= 15 is 0 Å². The first-order valence-electron chi connectivity index (χ1n) is 5.79. The third-order valence-electron chi connectivity index (χ3n) is 2.65. The monoisotopic (exact) mass is 319 g/mol. The standard InChI is InChI=1S/C13H9ClF3NO3/c14-11-8(4-5-20-7-19)6-18-12-9(11)2-1-3-10(12)21-13(15,16)17/h1-3,6-7H,4-5H2. The van der Waals surface area contributed by atoms with Gasteiger partial charge in [0.1, 0.15) is 5.52 Å². The maximum Gasteiger partial charge on any atom is 0.573 e. The van der Waals surface area contributed by atoms with Gasteiger partial charge >= 0.3 is 6.36 Å². The van der Waals surface area contributed by atoms with Crippen molar-refractivity contribution in [2.24, 2.45) is 0 Å². The second-order valence-corrected chi connectivity index (χ2v) is 4.39. The Morgan fingerprint density at radius 1 is 1.33 bits per heavy atom. The fourth-order valence-electron chi connectivity index (χ4n) is 1.80. The van der Waals surface area contributed by atoms with E-state index < -0.39 is 12.1 Å². The Balaban J connectivity index is 2.40. The van der Waals surface area contributed by atoms with E-state index in [1.807, 2.05) is 0 Å². The van der Waals surface area contributed by atoms with Crippen LogP contribution in [-0.4, -0.2) is 24.4 Å². The molecule has 0 aliphatic rings. The predicted molar refractivity (Wildman–Crippen MR) is 69.2 cm³/mol. The molecule has 2 rings (SSSR count). The molecule has 0 radical (unpaired) electrons. The van der Waals surface area contributed by atoms with Crippen molar-refractivity contribution < 1.29 is 27.4 Å². The summed E-state index contributed by atoms with van der Waals surface area (Å²) in [7, 11) is 0. The molecule has 0 fully saturated rings. The van der Waals surface area contributed by atoms with E-state index in [9.17, 15) is 18.0 Å². The number of aromatic nitrogens is 1. The Bertz CT molecular complexity index is 661. The predicted octanol–water partition coefficient (Wildman–Crippen LogP) is 3.50. The lowest BCUT2D eigenvalue weighted by Gasteiger charge is -2.12. The highest BCUT2D eigenvalue weighted by atomic mass is 35.5. The molecular weight excluding hydrogens is 311 g/mol. The van der Waals surface area contributed by atoms with Crippen molar-refractivity contribution in [3.05, 3.63) is 35.0 Å². The summed E-state index contributed by atoms with van der Waals surface area (Å²) in [5.41, 5.74) is 0.579. The Labute approximate surface area is 122 Å². The number of hydrogen-bond acceptors (Lipinski definition) is 4. The number of benzene rings is 1. The van der Waals surface area contributed by atoms with Gasteiger partial charge in [-0.05, 0) is 11.6 Å². The van der Waals surface area contributed by atoms with Crippen LogP contribution in [0.4, 0.5) is 13.2 Å². The lowest BCUT2D eigenvalue weighted by molar-refractivity contribution is -0.274. The molecule has 0 unspecified atom stereocenters. The Hall–Kier alpha value is -2.02. The van der Waals surface area contributed by atoms with Crippen molar-refractivity contribution in [3.63, 3.8) is 0 Å². The second kappa shape index (κ2) is 6.17. The molecule has 0 aliphatic carbocycles. The third kappa shape index (κ3) is 3.75. The fraction of sp³-hybridized carbons (Fsp3) is 0.231. The van der Waals surface area contributed by atoms with Crippen molar-refractivity contribution in [2.75, 3.05) is 6.61 Å². The molecule has 0 saturated heterocycles. The number of para-hydroxylation sites is 1. The van der Waals surface area contributed by atoms with Gasteiger partial charge in [0, 0.05) is 18.0 Å². The number of halogens is 4. The number of hydrogen-bond donors (Lipinski definition) is 0. The molecular formula is C13H9ClF3NO3. The fourth-order valence-corrected chi connectivity index (χ4v) is 2.10. The number of alkyl halides is 3. The molecule has 0 saturated carbocycles. The van der Waals surface area contributed by atoms with Crippen LogP contribution in [0.5, 0.6) is 5.75 Å². The molecule has 0 N–H and O–H groups in total.